The molecule has 2 aromatic heterocycles. The van der Waals surface area contributed by atoms with Gasteiger partial charge in [-0.2, -0.15) is 0 Å². The van der Waals surface area contributed by atoms with Gasteiger partial charge in [0.15, 0.2) is 0 Å². The van der Waals surface area contributed by atoms with Gasteiger partial charge in [-0.15, -0.1) is 0 Å². The van der Waals surface area contributed by atoms with Gasteiger partial charge >= 0.3 is 0 Å². The van der Waals surface area contributed by atoms with E-state index >= 15 is 0 Å². The van der Waals surface area contributed by atoms with E-state index in [9.17, 15) is 13.6 Å². The van der Waals surface area contributed by atoms with Crippen LogP contribution in [0.4, 0.5) is 8.78 Å². The van der Waals surface area contributed by atoms with E-state index in [1.807, 2.05) is 75.4 Å². The monoisotopic (exact) mass is 464 g/mol. The van der Waals surface area contributed by atoms with Gasteiger partial charge in [0.2, 0.25) is 5.91 Å². The quantitative estimate of drug-likeness (QED) is 0.307. The zero-order valence-electron chi connectivity index (χ0n) is 19.8. The molecule has 0 spiro atoms. The highest BCUT2D eigenvalue weighted by molar-refractivity contribution is 5.87. The van der Waals surface area contributed by atoms with Gasteiger partial charge in [0.25, 0.3) is 6.43 Å². The number of para-hydroxylation sites is 1. The predicted molar refractivity (Wildman–Crippen MR) is 130 cm³/mol. The lowest BCUT2D eigenvalue weighted by molar-refractivity contribution is -0.121. The topological polar surface area (TPSA) is 47.2 Å². The van der Waals surface area contributed by atoms with Gasteiger partial charge in [0, 0.05) is 36.3 Å². The number of halogens is 2. The number of rotatable bonds is 9. The van der Waals surface area contributed by atoms with Crippen LogP contribution in [0.15, 0.2) is 65.3 Å². The predicted octanol–water partition coefficient (Wildman–Crippen LogP) is 6.52. The van der Waals surface area contributed by atoms with Crippen molar-refractivity contribution in [3.63, 3.8) is 0 Å². The first kappa shape index (κ1) is 23.7. The summed E-state index contributed by atoms with van der Waals surface area (Å²) < 4.78 is 35.9. The summed E-state index contributed by atoms with van der Waals surface area (Å²) in [5, 5.41) is 3.73. The Kier molecular flexibility index (Phi) is 7.15. The van der Waals surface area contributed by atoms with Crippen LogP contribution in [0.2, 0.25) is 0 Å². The number of nitrogens with one attached hydrogen (secondary N) is 1. The minimum Gasteiger partial charge on any atom is -0.469 e. The van der Waals surface area contributed by atoms with Crippen molar-refractivity contribution in [2.45, 2.75) is 59.0 Å². The van der Waals surface area contributed by atoms with Crippen LogP contribution in [0.25, 0.3) is 10.9 Å². The van der Waals surface area contributed by atoms with Gasteiger partial charge < -0.3 is 14.3 Å². The highest BCUT2D eigenvalue weighted by Gasteiger charge is 2.24. The van der Waals surface area contributed by atoms with Crippen LogP contribution >= 0.6 is 0 Å². The summed E-state index contributed by atoms with van der Waals surface area (Å²) in [5.41, 5.74) is 4.48. The van der Waals surface area contributed by atoms with Crippen molar-refractivity contribution in [3.05, 3.63) is 94.6 Å². The van der Waals surface area contributed by atoms with Crippen LogP contribution in [0.3, 0.4) is 0 Å². The van der Waals surface area contributed by atoms with Gasteiger partial charge in [-0.25, -0.2) is 8.78 Å². The first-order valence-corrected chi connectivity index (χ1v) is 11.6. The number of amides is 1. The molecule has 4 aromatic rings. The number of fused-ring (bicyclic) bond motifs is 1. The highest BCUT2D eigenvalue weighted by Crippen LogP contribution is 2.35. The molecular weight excluding hydrogens is 434 g/mol. The van der Waals surface area contributed by atoms with Crippen molar-refractivity contribution in [1.29, 1.82) is 0 Å². The first-order chi connectivity index (χ1) is 16.3. The number of hydrogen-bond acceptors (Lipinski definition) is 2. The van der Waals surface area contributed by atoms with E-state index < -0.39 is 6.43 Å². The molecule has 0 saturated carbocycles. The van der Waals surface area contributed by atoms with Gasteiger partial charge in [-0.05, 0) is 62.1 Å². The maximum Gasteiger partial charge on any atom is 0.278 e. The Bertz CT molecular complexity index is 1280. The summed E-state index contributed by atoms with van der Waals surface area (Å²) in [7, 11) is 0. The van der Waals surface area contributed by atoms with Gasteiger partial charge in [-0.1, -0.05) is 42.0 Å². The van der Waals surface area contributed by atoms with E-state index in [1.165, 1.54) is 0 Å². The minimum atomic E-state index is -2.64. The Morgan fingerprint density at radius 3 is 2.62 bits per heavy atom. The van der Waals surface area contributed by atoms with Crippen LogP contribution in [0, 0.1) is 13.8 Å². The molecule has 0 aliphatic heterocycles. The molecule has 1 atom stereocenters. The molecule has 2 heterocycles. The number of benzene rings is 2. The number of aryl methyl sites for hydroxylation is 3. The second-order valence-corrected chi connectivity index (χ2v) is 8.95. The minimum absolute atomic E-state index is 0.00135. The highest BCUT2D eigenvalue weighted by atomic mass is 19.3. The summed E-state index contributed by atoms with van der Waals surface area (Å²) in [6, 6.07) is 17.1. The summed E-state index contributed by atoms with van der Waals surface area (Å²) in [6.07, 6.45) is -0.0766. The summed E-state index contributed by atoms with van der Waals surface area (Å²) in [5.74, 6) is 0.632. The molecule has 0 radical (unpaired) electrons. The van der Waals surface area contributed by atoms with Crippen molar-refractivity contribution in [2.24, 2.45) is 0 Å². The van der Waals surface area contributed by atoms with E-state index in [1.54, 1.807) is 10.8 Å². The number of nitrogens with zero attached hydrogens (tertiary/aromatic N) is 1. The number of alkyl halides is 2. The first-order valence-electron chi connectivity index (χ1n) is 11.6. The van der Waals surface area contributed by atoms with Crippen molar-refractivity contribution in [2.75, 3.05) is 0 Å². The molecular formula is C28H30F2N2O2. The Morgan fingerprint density at radius 1 is 1.09 bits per heavy atom. The van der Waals surface area contributed by atoms with E-state index in [2.05, 4.69) is 5.32 Å². The molecule has 0 saturated heterocycles. The largest absolute Gasteiger partial charge is 0.469 e. The second-order valence-electron chi connectivity index (χ2n) is 8.95. The van der Waals surface area contributed by atoms with Crippen LogP contribution in [-0.2, 0) is 24.2 Å². The number of carbonyl (C=O) groups is 1. The molecule has 4 rings (SSSR count). The Morgan fingerprint density at radius 2 is 1.88 bits per heavy atom. The molecule has 1 amide bonds. The molecule has 0 fully saturated rings. The van der Waals surface area contributed by atoms with Crippen LogP contribution in [0.5, 0.6) is 0 Å². The maximum absolute atomic E-state index is 14.4. The molecule has 0 bridgehead atoms. The van der Waals surface area contributed by atoms with Gasteiger partial charge in [0.1, 0.15) is 5.76 Å². The third-order valence-corrected chi connectivity index (χ3v) is 6.26. The number of aromatic nitrogens is 1. The fraction of sp³-hybridized carbons (Fsp3) is 0.321. The fourth-order valence-electron chi connectivity index (χ4n) is 4.59. The number of hydrogen-bond donors (Lipinski definition) is 1. The molecule has 2 aromatic carbocycles. The molecule has 0 aliphatic rings. The van der Waals surface area contributed by atoms with Crippen LogP contribution in [-0.4, -0.2) is 16.5 Å². The third kappa shape index (κ3) is 5.22. The lowest BCUT2D eigenvalue weighted by Crippen LogP contribution is -2.34. The average Bonchev–Trinajstić information content (AvgIpc) is 3.41. The van der Waals surface area contributed by atoms with Crippen LogP contribution < -0.4 is 5.32 Å². The van der Waals surface area contributed by atoms with Crippen molar-refractivity contribution >= 4 is 16.8 Å². The van der Waals surface area contributed by atoms with E-state index in [-0.39, 0.29) is 30.5 Å². The zero-order valence-corrected chi connectivity index (χ0v) is 19.8. The van der Waals surface area contributed by atoms with Crippen molar-refractivity contribution in [3.8, 4) is 0 Å². The summed E-state index contributed by atoms with van der Waals surface area (Å²) in [6.45, 7) is 6.26. The van der Waals surface area contributed by atoms with Gasteiger partial charge in [-0.3, -0.25) is 4.79 Å². The Hall–Kier alpha value is -3.41. The normalized spacial score (nSPS) is 12.4. The van der Waals surface area contributed by atoms with Gasteiger partial charge in [0.05, 0.1) is 12.0 Å². The Labute approximate surface area is 198 Å². The van der Waals surface area contributed by atoms with Crippen LogP contribution in [0.1, 0.15) is 53.5 Å². The zero-order chi connectivity index (χ0) is 24.2. The third-order valence-electron chi connectivity index (χ3n) is 6.26. The SMILES string of the molecule is Cc1ccc(C)c(Cn2c(C(F)F)c(CCC(=O)NC(C)Cc3ccco3)c3ccccc32)c1. The smallest absolute Gasteiger partial charge is 0.278 e. The molecule has 1 unspecified atom stereocenters. The van der Waals surface area contributed by atoms with E-state index in [4.69, 9.17) is 4.42 Å². The van der Waals surface area contributed by atoms with E-state index in [0.29, 0.717) is 18.5 Å². The number of furan rings is 1. The summed E-state index contributed by atoms with van der Waals surface area (Å²) >= 11 is 0. The maximum atomic E-state index is 14.4. The standard InChI is InChI=1S/C28H30F2N2O2/c1-18-10-11-19(2)21(15-18)17-32-25-9-5-4-8-23(25)24(27(32)28(29)30)12-13-26(33)31-20(3)16-22-7-6-14-34-22/h4-11,14-15,20,28H,12-13,16-17H2,1-3H3,(H,31,33). The lowest BCUT2D eigenvalue weighted by Gasteiger charge is -2.15. The lowest BCUT2D eigenvalue weighted by atomic mass is 10.0. The fourth-order valence-corrected chi connectivity index (χ4v) is 4.59. The average molecular weight is 465 g/mol. The molecule has 0 aliphatic carbocycles. The van der Waals surface area contributed by atoms with E-state index in [0.717, 1.165) is 33.4 Å². The molecule has 4 nitrogen and oxygen atoms in total. The molecule has 1 N–H and O–H groups in total. The molecule has 34 heavy (non-hydrogen) atoms. The molecule has 178 valence electrons. The molecule has 6 heteroatoms. The second kappa shape index (κ2) is 10.2. The van der Waals surface area contributed by atoms with Crippen molar-refractivity contribution in [1.82, 2.24) is 9.88 Å². The number of carbonyl (C=O) groups excluding carboxylic acids is 1. The summed E-state index contributed by atoms with van der Waals surface area (Å²) in [4.78, 5) is 12.6. The van der Waals surface area contributed by atoms with Crippen molar-refractivity contribution < 1.29 is 18.0 Å². The Balaban J connectivity index is 1.59.